The first-order valence-corrected chi connectivity index (χ1v) is 8.34. The van der Waals surface area contributed by atoms with Crippen molar-refractivity contribution < 1.29 is 14.3 Å². The second-order valence-electron chi connectivity index (χ2n) is 5.85. The number of unbranched alkanes of at least 4 members (excludes halogenated alkanes) is 2. The van der Waals surface area contributed by atoms with Crippen molar-refractivity contribution in [2.24, 2.45) is 5.41 Å². The fourth-order valence-corrected chi connectivity index (χ4v) is 2.68. The Morgan fingerprint density at radius 2 is 2.00 bits per heavy atom. The maximum atomic E-state index is 12.4. The zero-order valence-electron chi connectivity index (χ0n) is 13.6. The number of amides is 2. The Bertz CT molecular complexity index is 585. The van der Waals surface area contributed by atoms with Crippen LogP contribution >= 0.6 is 11.6 Å². The molecule has 2 amide bonds. The molecule has 0 aliphatic heterocycles. The second-order valence-corrected chi connectivity index (χ2v) is 6.26. The summed E-state index contributed by atoms with van der Waals surface area (Å²) in [4.78, 5) is 24.7. The summed E-state index contributed by atoms with van der Waals surface area (Å²) in [5.41, 5.74) is -0.357. The van der Waals surface area contributed by atoms with Crippen LogP contribution in [0.1, 0.15) is 39.0 Å². The first kappa shape index (κ1) is 17.6. The summed E-state index contributed by atoms with van der Waals surface area (Å²) in [6.07, 6.45) is 4.28. The number of carbonyl (C=O) groups is 2. The number of ether oxygens (including phenoxy) is 1. The molecule has 0 bridgehead atoms. The van der Waals surface area contributed by atoms with Gasteiger partial charge in [-0.2, -0.15) is 0 Å². The van der Waals surface area contributed by atoms with E-state index in [0.717, 1.165) is 19.3 Å². The molecule has 1 fully saturated rings. The van der Waals surface area contributed by atoms with E-state index in [1.165, 1.54) is 7.11 Å². The molecule has 0 unspecified atom stereocenters. The number of hydrogen-bond donors (Lipinski definition) is 2. The standard InChI is InChI=1S/C17H23ClN2O3/c1-3-4-5-10-19-15(21)17(8-9-17)16(22)20-12-6-7-14(23-2)13(18)11-12/h6-7,11H,3-5,8-10H2,1-2H3,(H,19,21)(H,20,22). The van der Waals surface area contributed by atoms with Gasteiger partial charge in [0.1, 0.15) is 11.2 Å². The van der Waals surface area contributed by atoms with Crippen molar-refractivity contribution in [3.63, 3.8) is 0 Å². The highest BCUT2D eigenvalue weighted by Crippen LogP contribution is 2.47. The van der Waals surface area contributed by atoms with Gasteiger partial charge in [0.25, 0.3) is 0 Å². The molecule has 0 radical (unpaired) electrons. The quantitative estimate of drug-likeness (QED) is 0.564. The van der Waals surface area contributed by atoms with Crippen molar-refractivity contribution in [2.45, 2.75) is 39.0 Å². The molecule has 6 heteroatoms. The third-order valence-corrected chi connectivity index (χ3v) is 4.39. The average Bonchev–Trinajstić information content (AvgIpc) is 3.33. The lowest BCUT2D eigenvalue weighted by atomic mass is 10.0. The van der Waals surface area contributed by atoms with Gasteiger partial charge in [-0.25, -0.2) is 0 Å². The van der Waals surface area contributed by atoms with Gasteiger partial charge < -0.3 is 15.4 Å². The number of nitrogens with one attached hydrogen (secondary N) is 2. The van der Waals surface area contributed by atoms with Crippen molar-refractivity contribution in [3.05, 3.63) is 23.2 Å². The van der Waals surface area contributed by atoms with Crippen LogP contribution in [0, 0.1) is 5.41 Å². The minimum Gasteiger partial charge on any atom is -0.495 e. The number of anilines is 1. The molecule has 126 valence electrons. The summed E-state index contributed by atoms with van der Waals surface area (Å²) in [6.45, 7) is 2.73. The van der Waals surface area contributed by atoms with Gasteiger partial charge in [0.2, 0.25) is 11.8 Å². The highest BCUT2D eigenvalue weighted by Gasteiger charge is 2.56. The van der Waals surface area contributed by atoms with Gasteiger partial charge in [-0.05, 0) is 37.5 Å². The largest absolute Gasteiger partial charge is 0.495 e. The summed E-state index contributed by atoms with van der Waals surface area (Å²) < 4.78 is 5.08. The van der Waals surface area contributed by atoms with Gasteiger partial charge in [0.05, 0.1) is 12.1 Å². The summed E-state index contributed by atoms with van der Waals surface area (Å²) in [6, 6.07) is 5.01. The Labute approximate surface area is 141 Å². The molecule has 5 nitrogen and oxygen atoms in total. The van der Waals surface area contributed by atoms with E-state index in [9.17, 15) is 9.59 Å². The van der Waals surface area contributed by atoms with Gasteiger partial charge in [-0.3, -0.25) is 9.59 Å². The molecule has 0 heterocycles. The number of benzene rings is 1. The fourth-order valence-electron chi connectivity index (χ4n) is 2.42. The van der Waals surface area contributed by atoms with E-state index in [1.807, 2.05) is 0 Å². The Kier molecular flexibility index (Phi) is 5.88. The Morgan fingerprint density at radius 1 is 1.26 bits per heavy atom. The highest BCUT2D eigenvalue weighted by atomic mass is 35.5. The normalized spacial score (nSPS) is 14.9. The van der Waals surface area contributed by atoms with E-state index in [-0.39, 0.29) is 11.8 Å². The van der Waals surface area contributed by atoms with Crippen molar-refractivity contribution in [3.8, 4) is 5.75 Å². The van der Waals surface area contributed by atoms with Crippen molar-refractivity contribution in [1.82, 2.24) is 5.32 Å². The molecule has 23 heavy (non-hydrogen) atoms. The minimum absolute atomic E-state index is 0.175. The van der Waals surface area contributed by atoms with Crippen LogP contribution in [-0.2, 0) is 9.59 Å². The van der Waals surface area contributed by atoms with E-state index in [2.05, 4.69) is 17.6 Å². The molecular formula is C17H23ClN2O3. The van der Waals surface area contributed by atoms with Gasteiger partial charge >= 0.3 is 0 Å². The topological polar surface area (TPSA) is 67.4 Å². The number of carbonyl (C=O) groups excluding carboxylic acids is 2. The number of halogens is 1. The van der Waals surface area contributed by atoms with Gasteiger partial charge in [-0.15, -0.1) is 0 Å². The van der Waals surface area contributed by atoms with Crippen LogP contribution < -0.4 is 15.4 Å². The molecular weight excluding hydrogens is 316 g/mol. The summed E-state index contributed by atoms with van der Waals surface area (Å²) in [5.74, 6) is 0.0944. The lowest BCUT2D eigenvalue weighted by Gasteiger charge is -2.16. The first-order chi connectivity index (χ1) is 11.0. The van der Waals surface area contributed by atoms with E-state index in [1.54, 1.807) is 18.2 Å². The van der Waals surface area contributed by atoms with Crippen molar-refractivity contribution in [1.29, 1.82) is 0 Å². The molecule has 0 saturated heterocycles. The third kappa shape index (κ3) is 4.16. The van der Waals surface area contributed by atoms with E-state index in [4.69, 9.17) is 16.3 Å². The molecule has 1 saturated carbocycles. The predicted octanol–water partition coefficient (Wildman–Crippen LogP) is 3.37. The molecule has 1 aliphatic rings. The predicted molar refractivity (Wildman–Crippen MR) is 90.8 cm³/mol. The zero-order valence-corrected chi connectivity index (χ0v) is 14.3. The summed E-state index contributed by atoms with van der Waals surface area (Å²) in [5, 5.41) is 6.07. The summed E-state index contributed by atoms with van der Waals surface area (Å²) in [7, 11) is 1.53. The van der Waals surface area contributed by atoms with E-state index >= 15 is 0 Å². The monoisotopic (exact) mass is 338 g/mol. The number of rotatable bonds is 8. The van der Waals surface area contributed by atoms with Gasteiger partial charge in [-0.1, -0.05) is 31.4 Å². The van der Waals surface area contributed by atoms with E-state index < -0.39 is 5.41 Å². The second kappa shape index (κ2) is 7.68. The molecule has 2 rings (SSSR count). The Hall–Kier alpha value is -1.75. The van der Waals surface area contributed by atoms with Crippen LogP contribution in [0.25, 0.3) is 0 Å². The Balaban J connectivity index is 1.94. The van der Waals surface area contributed by atoms with Crippen molar-refractivity contribution in [2.75, 3.05) is 19.0 Å². The molecule has 2 N–H and O–H groups in total. The van der Waals surface area contributed by atoms with Gasteiger partial charge in [0.15, 0.2) is 0 Å². The first-order valence-electron chi connectivity index (χ1n) is 7.97. The molecule has 1 aromatic carbocycles. The number of hydrogen-bond acceptors (Lipinski definition) is 3. The van der Waals surface area contributed by atoms with Crippen molar-refractivity contribution >= 4 is 29.1 Å². The molecule has 1 aliphatic carbocycles. The van der Waals surface area contributed by atoms with Crippen LogP contribution in [0.15, 0.2) is 18.2 Å². The molecule has 1 aromatic rings. The average molecular weight is 339 g/mol. The smallest absolute Gasteiger partial charge is 0.240 e. The summed E-state index contributed by atoms with van der Waals surface area (Å²) >= 11 is 6.05. The van der Waals surface area contributed by atoms with E-state index in [0.29, 0.717) is 35.8 Å². The third-order valence-electron chi connectivity index (χ3n) is 4.09. The van der Waals surface area contributed by atoms with Crippen LogP contribution in [0.2, 0.25) is 5.02 Å². The zero-order chi connectivity index (χ0) is 16.9. The molecule has 0 aromatic heterocycles. The highest BCUT2D eigenvalue weighted by molar-refractivity contribution is 6.32. The lowest BCUT2D eigenvalue weighted by Crippen LogP contribution is -2.40. The fraction of sp³-hybridized carbons (Fsp3) is 0.529. The maximum Gasteiger partial charge on any atom is 0.240 e. The van der Waals surface area contributed by atoms with Crippen LogP contribution in [-0.4, -0.2) is 25.5 Å². The number of methoxy groups -OCH3 is 1. The molecule has 0 spiro atoms. The SMILES string of the molecule is CCCCCNC(=O)C1(C(=O)Nc2ccc(OC)c(Cl)c2)CC1. The minimum atomic E-state index is -0.918. The van der Waals surface area contributed by atoms with Crippen LogP contribution in [0.4, 0.5) is 5.69 Å². The Morgan fingerprint density at radius 3 is 2.57 bits per heavy atom. The molecule has 0 atom stereocenters. The van der Waals surface area contributed by atoms with Crippen LogP contribution in [0.3, 0.4) is 0 Å². The maximum absolute atomic E-state index is 12.4. The lowest BCUT2D eigenvalue weighted by molar-refractivity contribution is -0.134. The van der Waals surface area contributed by atoms with Gasteiger partial charge in [0, 0.05) is 12.2 Å². The van der Waals surface area contributed by atoms with Crippen LogP contribution in [0.5, 0.6) is 5.75 Å².